The van der Waals surface area contributed by atoms with Gasteiger partial charge in [0, 0.05) is 24.4 Å². The van der Waals surface area contributed by atoms with Gasteiger partial charge in [-0.2, -0.15) is 0 Å². The predicted molar refractivity (Wildman–Crippen MR) is 158 cm³/mol. The number of likely N-dealkylation sites (tertiary alicyclic amines) is 1. The van der Waals surface area contributed by atoms with Gasteiger partial charge in [-0.3, -0.25) is 19.3 Å². The standard InChI is InChI=1S/C32H50N4O3/c1-20(2)28(18-23(7)30(37)33-26-16-15-24-12-11-13-25(24)19-26)35(8)32(39)29(21(3)4)34-31(38)27-14-9-10-17-36(27)22(5)6/h15-16,18-22,27-29H,9-14,17H2,1-8H3,(H,33,37)(H,34,38)/b23-18+/t27-,28?,29+/m1/s1. The van der Waals surface area contributed by atoms with Gasteiger partial charge in [-0.1, -0.05) is 46.3 Å². The summed E-state index contributed by atoms with van der Waals surface area (Å²) in [4.78, 5) is 44.2. The highest BCUT2D eigenvalue weighted by atomic mass is 16.2. The maximum Gasteiger partial charge on any atom is 0.251 e. The molecule has 0 bridgehead atoms. The van der Waals surface area contributed by atoms with Crippen LogP contribution in [0.4, 0.5) is 5.69 Å². The van der Waals surface area contributed by atoms with Crippen molar-refractivity contribution in [3.05, 3.63) is 41.0 Å². The number of piperidine rings is 1. The maximum absolute atomic E-state index is 13.8. The Kier molecular flexibility index (Phi) is 10.8. The van der Waals surface area contributed by atoms with E-state index < -0.39 is 6.04 Å². The molecule has 0 radical (unpaired) electrons. The molecule has 3 atom stereocenters. The first kappa shape index (κ1) is 30.9. The van der Waals surface area contributed by atoms with E-state index in [0.717, 1.165) is 50.8 Å². The zero-order valence-corrected chi connectivity index (χ0v) is 25.3. The minimum atomic E-state index is -0.631. The van der Waals surface area contributed by atoms with Gasteiger partial charge in [0.15, 0.2) is 0 Å². The Labute approximate surface area is 235 Å². The van der Waals surface area contributed by atoms with Crippen LogP contribution in [0.3, 0.4) is 0 Å². The van der Waals surface area contributed by atoms with Crippen LogP contribution in [0.1, 0.15) is 85.3 Å². The van der Waals surface area contributed by atoms with Crippen LogP contribution in [0.2, 0.25) is 0 Å². The van der Waals surface area contributed by atoms with Crippen LogP contribution in [0.25, 0.3) is 0 Å². The van der Waals surface area contributed by atoms with E-state index in [4.69, 9.17) is 0 Å². The van der Waals surface area contributed by atoms with Crippen molar-refractivity contribution in [1.29, 1.82) is 0 Å². The van der Waals surface area contributed by atoms with Gasteiger partial charge in [-0.15, -0.1) is 0 Å². The summed E-state index contributed by atoms with van der Waals surface area (Å²) in [5.41, 5.74) is 4.05. The molecule has 216 valence electrons. The molecular formula is C32H50N4O3. The Bertz CT molecular complexity index is 1060. The molecule has 0 saturated carbocycles. The minimum absolute atomic E-state index is 0.0645. The number of hydrogen-bond donors (Lipinski definition) is 2. The SMILES string of the molecule is C/C(=C\C(C(C)C)N(C)C(=O)[C@@H](NC(=O)[C@H]1CCCCN1C(C)C)C(C)C)C(=O)Nc1ccc2c(c1)CCC2. The predicted octanol–water partition coefficient (Wildman–Crippen LogP) is 4.95. The number of nitrogens with one attached hydrogen (secondary N) is 2. The summed E-state index contributed by atoms with van der Waals surface area (Å²) >= 11 is 0. The fourth-order valence-corrected chi connectivity index (χ4v) is 5.95. The molecule has 0 aromatic heterocycles. The van der Waals surface area contributed by atoms with E-state index >= 15 is 0 Å². The van der Waals surface area contributed by atoms with Crippen LogP contribution in [0, 0.1) is 11.8 Å². The van der Waals surface area contributed by atoms with Crippen molar-refractivity contribution in [2.24, 2.45) is 11.8 Å². The molecule has 3 rings (SSSR count). The lowest BCUT2D eigenvalue weighted by Gasteiger charge is -2.39. The molecule has 1 aromatic carbocycles. The number of rotatable bonds is 10. The van der Waals surface area contributed by atoms with Gasteiger partial charge >= 0.3 is 0 Å². The number of carbonyl (C=O) groups excluding carboxylic acids is 3. The molecule has 2 N–H and O–H groups in total. The van der Waals surface area contributed by atoms with Crippen LogP contribution in [-0.2, 0) is 27.2 Å². The first-order valence-electron chi connectivity index (χ1n) is 14.8. The van der Waals surface area contributed by atoms with Gasteiger partial charge < -0.3 is 15.5 Å². The lowest BCUT2D eigenvalue weighted by Crippen LogP contribution is -2.58. The number of likely N-dealkylation sites (N-methyl/N-ethyl adjacent to an activating group) is 1. The normalized spacial score (nSPS) is 19.7. The van der Waals surface area contributed by atoms with Crippen molar-refractivity contribution in [2.75, 3.05) is 18.9 Å². The number of nitrogens with zero attached hydrogens (tertiary/aromatic N) is 2. The van der Waals surface area contributed by atoms with Crippen LogP contribution >= 0.6 is 0 Å². The summed E-state index contributed by atoms with van der Waals surface area (Å²) in [5.74, 6) is -0.349. The monoisotopic (exact) mass is 538 g/mol. The van der Waals surface area contributed by atoms with E-state index in [9.17, 15) is 14.4 Å². The lowest BCUT2D eigenvalue weighted by molar-refractivity contribution is -0.140. The van der Waals surface area contributed by atoms with Gasteiger partial charge in [0.25, 0.3) is 5.91 Å². The second-order valence-electron chi connectivity index (χ2n) is 12.4. The summed E-state index contributed by atoms with van der Waals surface area (Å²) in [6.07, 6.45) is 8.14. The van der Waals surface area contributed by atoms with E-state index in [1.807, 2.05) is 39.8 Å². The van der Waals surface area contributed by atoms with Crippen molar-refractivity contribution >= 4 is 23.4 Å². The molecule has 3 amide bonds. The van der Waals surface area contributed by atoms with Gasteiger partial charge in [0.2, 0.25) is 11.8 Å². The second kappa shape index (κ2) is 13.6. The van der Waals surface area contributed by atoms with E-state index in [1.54, 1.807) is 18.9 Å². The largest absolute Gasteiger partial charge is 0.343 e. The van der Waals surface area contributed by atoms with Crippen LogP contribution < -0.4 is 10.6 Å². The van der Waals surface area contributed by atoms with Gasteiger partial charge in [-0.25, -0.2) is 0 Å². The summed E-state index contributed by atoms with van der Waals surface area (Å²) in [6.45, 7) is 15.0. The third-order valence-electron chi connectivity index (χ3n) is 8.35. The molecule has 1 aliphatic carbocycles. The molecule has 1 fully saturated rings. The molecule has 2 aliphatic rings. The number of amides is 3. The van der Waals surface area contributed by atoms with Crippen molar-refractivity contribution in [2.45, 2.75) is 111 Å². The van der Waals surface area contributed by atoms with E-state index in [-0.39, 0.29) is 47.7 Å². The third-order valence-corrected chi connectivity index (χ3v) is 8.35. The molecule has 0 spiro atoms. The number of anilines is 1. The third kappa shape index (κ3) is 7.71. The summed E-state index contributed by atoms with van der Waals surface area (Å²) in [5, 5.41) is 6.13. The van der Waals surface area contributed by atoms with Crippen molar-refractivity contribution in [3.63, 3.8) is 0 Å². The lowest BCUT2D eigenvalue weighted by atomic mass is 9.95. The summed E-state index contributed by atoms with van der Waals surface area (Å²) in [6, 6.07) is 5.30. The fourth-order valence-electron chi connectivity index (χ4n) is 5.95. The van der Waals surface area contributed by atoms with Gasteiger partial charge in [0.05, 0.1) is 12.1 Å². The fraction of sp³-hybridized carbons (Fsp3) is 0.656. The van der Waals surface area contributed by atoms with Crippen LogP contribution in [0.15, 0.2) is 29.8 Å². The van der Waals surface area contributed by atoms with E-state index in [0.29, 0.717) is 5.57 Å². The molecule has 1 aromatic rings. The Morgan fingerprint density at radius 3 is 2.31 bits per heavy atom. The Morgan fingerprint density at radius 1 is 0.974 bits per heavy atom. The zero-order chi connectivity index (χ0) is 28.9. The number of benzene rings is 1. The number of aryl methyl sites for hydroxylation is 2. The number of hydrogen-bond acceptors (Lipinski definition) is 4. The molecule has 1 saturated heterocycles. The van der Waals surface area contributed by atoms with E-state index in [2.05, 4.69) is 41.5 Å². The quantitative estimate of drug-likeness (QED) is 0.413. The Hall–Kier alpha value is -2.67. The Balaban J connectivity index is 1.72. The van der Waals surface area contributed by atoms with Crippen molar-refractivity contribution in [1.82, 2.24) is 15.1 Å². The molecule has 1 aliphatic heterocycles. The summed E-state index contributed by atoms with van der Waals surface area (Å²) in [7, 11) is 1.78. The highest BCUT2D eigenvalue weighted by Crippen LogP contribution is 2.26. The van der Waals surface area contributed by atoms with Gasteiger partial charge in [0.1, 0.15) is 6.04 Å². The molecule has 39 heavy (non-hydrogen) atoms. The molecular weight excluding hydrogens is 488 g/mol. The summed E-state index contributed by atoms with van der Waals surface area (Å²) < 4.78 is 0. The van der Waals surface area contributed by atoms with Gasteiger partial charge in [-0.05, 0) is 94.5 Å². The number of fused-ring (bicyclic) bond motifs is 1. The molecule has 7 nitrogen and oxygen atoms in total. The minimum Gasteiger partial charge on any atom is -0.343 e. The first-order valence-corrected chi connectivity index (χ1v) is 14.8. The average molecular weight is 539 g/mol. The maximum atomic E-state index is 13.8. The molecule has 7 heteroatoms. The zero-order valence-electron chi connectivity index (χ0n) is 25.3. The Morgan fingerprint density at radius 2 is 1.67 bits per heavy atom. The smallest absolute Gasteiger partial charge is 0.251 e. The molecule has 1 unspecified atom stereocenters. The second-order valence-corrected chi connectivity index (χ2v) is 12.4. The van der Waals surface area contributed by atoms with Crippen LogP contribution in [-0.4, -0.2) is 65.3 Å². The highest BCUT2D eigenvalue weighted by molar-refractivity contribution is 6.03. The van der Waals surface area contributed by atoms with Crippen molar-refractivity contribution in [3.8, 4) is 0 Å². The van der Waals surface area contributed by atoms with Crippen LogP contribution in [0.5, 0.6) is 0 Å². The highest BCUT2D eigenvalue weighted by Gasteiger charge is 2.36. The topological polar surface area (TPSA) is 81.8 Å². The molecule has 1 heterocycles. The number of carbonyl (C=O) groups is 3. The first-order chi connectivity index (χ1) is 18.4. The van der Waals surface area contributed by atoms with Crippen molar-refractivity contribution < 1.29 is 14.4 Å². The average Bonchev–Trinajstić information content (AvgIpc) is 3.36. The van der Waals surface area contributed by atoms with E-state index in [1.165, 1.54) is 11.1 Å².